The smallest absolute Gasteiger partial charge is 0.355 e. The number of hydrogen-bond donors (Lipinski definition) is 0. The molecule has 0 atom stereocenters. The molecule has 1 aromatic rings. The average molecular weight is 388 g/mol. The maximum absolute atomic E-state index is 12.3. The van der Waals surface area contributed by atoms with Crippen LogP contribution in [0.4, 0.5) is 5.69 Å². The summed E-state index contributed by atoms with van der Waals surface area (Å²) >= 11 is 12.5. The molecule has 0 unspecified atom stereocenters. The molecule has 9 heteroatoms. The molecule has 1 aliphatic heterocycles. The van der Waals surface area contributed by atoms with E-state index in [0.717, 1.165) is 0 Å². The van der Waals surface area contributed by atoms with Gasteiger partial charge in [0, 0.05) is 5.56 Å². The molecular weight excluding hydrogens is 373 g/mol. The number of rotatable bonds is 4. The van der Waals surface area contributed by atoms with Crippen molar-refractivity contribution in [1.82, 2.24) is 0 Å². The molecule has 0 aromatic heterocycles. The molecular formula is C16H15Cl2NO6. The van der Waals surface area contributed by atoms with Crippen LogP contribution in [-0.2, 0) is 23.8 Å². The molecule has 0 aliphatic carbocycles. The molecule has 25 heavy (non-hydrogen) atoms. The van der Waals surface area contributed by atoms with Gasteiger partial charge in [-0.15, -0.1) is 0 Å². The number of ketones is 1. The van der Waals surface area contributed by atoms with E-state index in [4.69, 9.17) is 32.7 Å². The van der Waals surface area contributed by atoms with Crippen molar-refractivity contribution in [2.75, 3.05) is 32.5 Å². The van der Waals surface area contributed by atoms with Gasteiger partial charge >= 0.3 is 11.9 Å². The Bertz CT molecular complexity index is 751. The van der Waals surface area contributed by atoms with Crippen LogP contribution >= 0.6 is 23.2 Å². The summed E-state index contributed by atoms with van der Waals surface area (Å²) in [5.74, 6) is -1.73. The first kappa shape index (κ1) is 19.2. The summed E-state index contributed by atoms with van der Waals surface area (Å²) in [6, 6.07) is 2.85. The van der Waals surface area contributed by atoms with E-state index in [1.165, 1.54) is 38.2 Å². The van der Waals surface area contributed by atoms with E-state index in [0.29, 0.717) is 5.56 Å². The Kier molecular flexibility index (Phi) is 6.05. The highest BCUT2D eigenvalue weighted by molar-refractivity contribution is 6.40. The van der Waals surface area contributed by atoms with Gasteiger partial charge in [0.15, 0.2) is 5.78 Å². The fourth-order valence-electron chi connectivity index (χ4n) is 2.35. The Morgan fingerprint density at radius 1 is 1.08 bits per heavy atom. The van der Waals surface area contributed by atoms with E-state index >= 15 is 0 Å². The van der Waals surface area contributed by atoms with Crippen molar-refractivity contribution in [3.05, 3.63) is 39.0 Å². The fraction of sp³-hybridized carbons (Fsp3) is 0.312. The first-order valence-electron chi connectivity index (χ1n) is 7.06. The molecule has 7 nitrogen and oxygen atoms in total. The number of Topliss-reactive ketones (excluding diaryl/α,β-unsaturated/α-hetero) is 1. The summed E-state index contributed by atoms with van der Waals surface area (Å²) in [4.78, 5) is 37.1. The molecule has 0 fully saturated rings. The van der Waals surface area contributed by atoms with Gasteiger partial charge in [0.25, 0.3) is 0 Å². The minimum absolute atomic E-state index is 0.0247. The summed E-state index contributed by atoms with van der Waals surface area (Å²) in [6.45, 7) is 1.15. The first-order valence-corrected chi connectivity index (χ1v) is 7.82. The maximum atomic E-state index is 12.3. The SMILES string of the molecule is COC(=O)C1=C(C(=O)OC)N(c2c(Cl)cc(C(C)=O)cc2Cl)COC1. The molecule has 0 spiro atoms. The second-order valence-electron chi connectivity index (χ2n) is 5.06. The largest absolute Gasteiger partial charge is 0.466 e. The molecule has 0 radical (unpaired) electrons. The van der Waals surface area contributed by atoms with Gasteiger partial charge in [-0.05, 0) is 19.1 Å². The van der Waals surface area contributed by atoms with Crippen LogP contribution in [0.25, 0.3) is 0 Å². The van der Waals surface area contributed by atoms with Crippen molar-refractivity contribution in [2.45, 2.75) is 6.92 Å². The van der Waals surface area contributed by atoms with Crippen molar-refractivity contribution in [1.29, 1.82) is 0 Å². The number of carbonyl (C=O) groups is 3. The predicted octanol–water partition coefficient (Wildman–Crippen LogP) is 2.59. The zero-order valence-electron chi connectivity index (χ0n) is 13.7. The highest BCUT2D eigenvalue weighted by Crippen LogP contribution is 2.39. The van der Waals surface area contributed by atoms with E-state index in [1.807, 2.05) is 0 Å². The van der Waals surface area contributed by atoms with Gasteiger partial charge in [-0.1, -0.05) is 23.2 Å². The number of nitrogens with zero attached hydrogens (tertiary/aromatic N) is 1. The normalized spacial score (nSPS) is 14.4. The summed E-state index contributed by atoms with van der Waals surface area (Å²) in [5, 5.41) is 0.239. The monoisotopic (exact) mass is 387 g/mol. The number of esters is 2. The van der Waals surface area contributed by atoms with Crippen LogP contribution in [0.15, 0.2) is 23.4 Å². The van der Waals surface area contributed by atoms with E-state index < -0.39 is 11.9 Å². The number of carbonyl (C=O) groups excluding carboxylic acids is 3. The summed E-state index contributed by atoms with van der Waals surface area (Å²) in [7, 11) is 2.37. The number of halogens is 2. The highest BCUT2D eigenvalue weighted by atomic mass is 35.5. The Labute approximate surface area is 154 Å². The molecule has 2 rings (SSSR count). The Morgan fingerprint density at radius 2 is 1.64 bits per heavy atom. The lowest BCUT2D eigenvalue weighted by atomic mass is 10.1. The van der Waals surface area contributed by atoms with Crippen LogP contribution in [0.3, 0.4) is 0 Å². The van der Waals surface area contributed by atoms with Crippen LogP contribution in [-0.4, -0.2) is 45.3 Å². The van der Waals surface area contributed by atoms with E-state index in [-0.39, 0.29) is 46.1 Å². The Balaban J connectivity index is 2.66. The first-order chi connectivity index (χ1) is 11.8. The third kappa shape index (κ3) is 3.78. The molecule has 1 aliphatic rings. The van der Waals surface area contributed by atoms with Gasteiger partial charge in [-0.3, -0.25) is 4.79 Å². The summed E-state index contributed by atoms with van der Waals surface area (Å²) < 4.78 is 14.8. The molecule has 1 aromatic carbocycles. The fourth-order valence-corrected chi connectivity index (χ4v) is 3.04. The van der Waals surface area contributed by atoms with E-state index in [9.17, 15) is 14.4 Å². The van der Waals surface area contributed by atoms with Crippen LogP contribution < -0.4 is 4.90 Å². The second kappa shape index (κ2) is 7.86. The average Bonchev–Trinajstić information content (AvgIpc) is 2.59. The zero-order valence-corrected chi connectivity index (χ0v) is 15.2. The molecule has 0 amide bonds. The van der Waals surface area contributed by atoms with Crippen molar-refractivity contribution in [3.8, 4) is 0 Å². The van der Waals surface area contributed by atoms with Gasteiger partial charge in [0.1, 0.15) is 12.4 Å². The molecule has 0 N–H and O–H groups in total. The lowest BCUT2D eigenvalue weighted by Gasteiger charge is -2.32. The lowest BCUT2D eigenvalue weighted by Crippen LogP contribution is -2.39. The Hall–Kier alpha value is -2.09. The van der Waals surface area contributed by atoms with Gasteiger partial charge in [0.05, 0.1) is 42.1 Å². The maximum Gasteiger partial charge on any atom is 0.355 e. The quantitative estimate of drug-likeness (QED) is 0.579. The number of anilines is 1. The highest BCUT2D eigenvalue weighted by Gasteiger charge is 2.34. The standard InChI is InChI=1S/C16H15Cl2NO6/c1-8(20)9-4-11(17)14(12(18)5-9)19-7-25-6-10(15(21)23-2)13(19)16(22)24-3/h4-5H,6-7H2,1-3H3. The van der Waals surface area contributed by atoms with E-state index in [2.05, 4.69) is 4.74 Å². The van der Waals surface area contributed by atoms with Crippen molar-refractivity contribution >= 4 is 46.6 Å². The van der Waals surface area contributed by atoms with Crippen LogP contribution in [0.5, 0.6) is 0 Å². The third-order valence-electron chi connectivity index (χ3n) is 3.53. The van der Waals surface area contributed by atoms with Crippen LogP contribution in [0, 0.1) is 0 Å². The number of hydrogen-bond acceptors (Lipinski definition) is 7. The molecule has 0 bridgehead atoms. The van der Waals surface area contributed by atoms with Gasteiger partial charge in [0.2, 0.25) is 0 Å². The van der Waals surface area contributed by atoms with Gasteiger partial charge in [-0.2, -0.15) is 0 Å². The number of ether oxygens (including phenoxy) is 3. The molecule has 1 heterocycles. The van der Waals surface area contributed by atoms with Crippen molar-refractivity contribution < 1.29 is 28.6 Å². The number of benzene rings is 1. The summed E-state index contributed by atoms with van der Waals surface area (Å²) in [6.07, 6.45) is 0. The van der Waals surface area contributed by atoms with Crippen molar-refractivity contribution in [2.24, 2.45) is 0 Å². The topological polar surface area (TPSA) is 82.1 Å². The molecule has 0 saturated carbocycles. The minimum atomic E-state index is -0.772. The lowest BCUT2D eigenvalue weighted by molar-refractivity contribution is -0.140. The predicted molar refractivity (Wildman–Crippen MR) is 90.8 cm³/mol. The number of methoxy groups -OCH3 is 2. The molecule has 134 valence electrons. The van der Waals surface area contributed by atoms with Gasteiger partial charge < -0.3 is 19.1 Å². The van der Waals surface area contributed by atoms with Crippen LogP contribution in [0.2, 0.25) is 10.0 Å². The minimum Gasteiger partial charge on any atom is -0.466 e. The Morgan fingerprint density at radius 3 is 2.12 bits per heavy atom. The van der Waals surface area contributed by atoms with Crippen molar-refractivity contribution in [3.63, 3.8) is 0 Å². The third-order valence-corrected chi connectivity index (χ3v) is 4.10. The second-order valence-corrected chi connectivity index (χ2v) is 5.88. The van der Waals surface area contributed by atoms with Gasteiger partial charge in [-0.25, -0.2) is 9.59 Å². The summed E-state index contributed by atoms with van der Waals surface area (Å²) in [5.41, 5.74) is 0.423. The zero-order chi connectivity index (χ0) is 18.7. The molecule has 0 saturated heterocycles. The van der Waals surface area contributed by atoms with E-state index in [1.54, 1.807) is 0 Å². The van der Waals surface area contributed by atoms with Crippen LogP contribution in [0.1, 0.15) is 17.3 Å².